The van der Waals surface area contributed by atoms with Crippen molar-refractivity contribution in [3.05, 3.63) is 66.0 Å². The number of benzene rings is 2. The molecule has 0 aliphatic carbocycles. The van der Waals surface area contributed by atoms with Crippen LogP contribution in [0.5, 0.6) is 0 Å². The zero-order valence-corrected chi connectivity index (χ0v) is 12.5. The van der Waals surface area contributed by atoms with Gasteiger partial charge in [-0.3, -0.25) is 9.59 Å². The predicted molar refractivity (Wildman–Crippen MR) is 85.3 cm³/mol. The first-order chi connectivity index (χ1) is 11.1. The van der Waals surface area contributed by atoms with E-state index in [0.29, 0.717) is 18.7 Å². The van der Waals surface area contributed by atoms with Crippen molar-refractivity contribution in [1.82, 2.24) is 5.32 Å². The lowest BCUT2D eigenvalue weighted by atomic mass is 9.80. The summed E-state index contributed by atoms with van der Waals surface area (Å²) in [7, 11) is 0. The van der Waals surface area contributed by atoms with Crippen LogP contribution in [0.15, 0.2) is 54.6 Å². The van der Waals surface area contributed by atoms with Crippen LogP contribution in [0.2, 0.25) is 0 Å². The third kappa shape index (κ3) is 3.39. The summed E-state index contributed by atoms with van der Waals surface area (Å²) in [6, 6.07) is 15.2. The fourth-order valence-electron chi connectivity index (χ4n) is 2.96. The van der Waals surface area contributed by atoms with Gasteiger partial charge in [0.1, 0.15) is 11.7 Å². The number of piperidine rings is 1. The number of nitrogens with one attached hydrogen (secondary N) is 2. The van der Waals surface area contributed by atoms with Gasteiger partial charge in [0.2, 0.25) is 11.8 Å². The molecule has 1 aliphatic rings. The molecule has 1 aliphatic heterocycles. The first kappa shape index (κ1) is 15.2. The Balaban J connectivity index is 1.84. The van der Waals surface area contributed by atoms with E-state index in [2.05, 4.69) is 10.6 Å². The topological polar surface area (TPSA) is 58.2 Å². The number of hydrogen-bond donors (Lipinski definition) is 2. The van der Waals surface area contributed by atoms with Gasteiger partial charge in [-0.25, -0.2) is 4.39 Å². The van der Waals surface area contributed by atoms with Crippen LogP contribution in [0.1, 0.15) is 17.9 Å². The lowest BCUT2D eigenvalue weighted by molar-refractivity contribution is -0.135. The highest BCUT2D eigenvalue weighted by molar-refractivity contribution is 6.07. The normalized spacial score (nSPS) is 20.7. The van der Waals surface area contributed by atoms with E-state index in [1.807, 2.05) is 30.3 Å². The van der Waals surface area contributed by atoms with Gasteiger partial charge >= 0.3 is 0 Å². The van der Waals surface area contributed by atoms with Crippen molar-refractivity contribution < 1.29 is 14.0 Å². The number of rotatable bonds is 3. The smallest absolute Gasteiger partial charge is 0.237 e. The molecule has 2 aromatic carbocycles. The average Bonchev–Trinajstić information content (AvgIpc) is 2.55. The Morgan fingerprint density at radius 1 is 1.13 bits per heavy atom. The van der Waals surface area contributed by atoms with Crippen LogP contribution in [0.25, 0.3) is 0 Å². The minimum Gasteiger partial charge on any atom is -0.355 e. The number of carbonyl (C=O) groups is 2. The lowest BCUT2D eigenvalue weighted by Crippen LogP contribution is -2.46. The maximum Gasteiger partial charge on any atom is 0.237 e. The highest BCUT2D eigenvalue weighted by Crippen LogP contribution is 2.31. The van der Waals surface area contributed by atoms with Crippen molar-refractivity contribution in [2.75, 3.05) is 11.9 Å². The van der Waals surface area contributed by atoms with Gasteiger partial charge in [-0.15, -0.1) is 0 Å². The molecule has 23 heavy (non-hydrogen) atoms. The van der Waals surface area contributed by atoms with Gasteiger partial charge < -0.3 is 10.6 Å². The van der Waals surface area contributed by atoms with Crippen LogP contribution in [0.3, 0.4) is 0 Å². The minimum atomic E-state index is -0.825. The molecule has 5 heteroatoms. The van der Waals surface area contributed by atoms with Gasteiger partial charge in [-0.2, -0.15) is 0 Å². The Morgan fingerprint density at radius 2 is 1.91 bits per heavy atom. The summed E-state index contributed by atoms with van der Waals surface area (Å²) in [5, 5.41) is 5.38. The Labute approximate surface area is 133 Å². The summed E-state index contributed by atoms with van der Waals surface area (Å²) in [4.78, 5) is 24.8. The van der Waals surface area contributed by atoms with Gasteiger partial charge in [-0.1, -0.05) is 36.4 Å². The molecule has 1 heterocycles. The van der Waals surface area contributed by atoms with Crippen molar-refractivity contribution in [2.45, 2.75) is 12.3 Å². The van der Waals surface area contributed by atoms with E-state index in [9.17, 15) is 14.0 Å². The first-order valence-corrected chi connectivity index (χ1v) is 7.54. The SMILES string of the molecule is O=C1NCCC(c2ccccc2)C1C(=O)Nc1cccc(F)c1. The second-order valence-electron chi connectivity index (χ2n) is 5.57. The molecule has 1 fully saturated rings. The van der Waals surface area contributed by atoms with Crippen molar-refractivity contribution in [3.63, 3.8) is 0 Å². The predicted octanol–water partition coefficient (Wildman–Crippen LogP) is 2.68. The molecule has 2 N–H and O–H groups in total. The molecule has 118 valence electrons. The molecule has 0 bridgehead atoms. The minimum absolute atomic E-state index is 0.182. The Morgan fingerprint density at radius 3 is 2.65 bits per heavy atom. The third-order valence-electron chi connectivity index (χ3n) is 4.04. The standard InChI is InChI=1S/C18H17FN2O2/c19-13-7-4-8-14(11-13)21-18(23)16-15(9-10-20-17(16)22)12-5-2-1-3-6-12/h1-8,11,15-16H,9-10H2,(H,20,22)(H,21,23). The fraction of sp³-hybridized carbons (Fsp3) is 0.222. The number of hydrogen-bond acceptors (Lipinski definition) is 2. The second kappa shape index (κ2) is 6.60. The van der Waals surface area contributed by atoms with Crippen molar-refractivity contribution in [1.29, 1.82) is 0 Å². The van der Waals surface area contributed by atoms with E-state index in [1.54, 1.807) is 6.07 Å². The average molecular weight is 312 g/mol. The fourth-order valence-corrected chi connectivity index (χ4v) is 2.96. The molecule has 4 nitrogen and oxygen atoms in total. The van der Waals surface area contributed by atoms with Crippen molar-refractivity contribution in [3.8, 4) is 0 Å². The summed E-state index contributed by atoms with van der Waals surface area (Å²) in [5.41, 5.74) is 1.31. The number of halogens is 1. The quantitative estimate of drug-likeness (QED) is 0.856. The molecule has 0 aromatic heterocycles. The van der Waals surface area contributed by atoms with Gasteiger partial charge in [0, 0.05) is 18.2 Å². The van der Waals surface area contributed by atoms with Crippen molar-refractivity contribution >= 4 is 17.5 Å². The summed E-state index contributed by atoms with van der Waals surface area (Å²) >= 11 is 0. The third-order valence-corrected chi connectivity index (χ3v) is 4.04. The molecule has 3 rings (SSSR count). The Kier molecular flexibility index (Phi) is 4.37. The van der Waals surface area contributed by atoms with E-state index < -0.39 is 17.6 Å². The maximum absolute atomic E-state index is 13.2. The van der Waals surface area contributed by atoms with Gasteiger partial charge in [-0.05, 0) is 30.2 Å². The van der Waals surface area contributed by atoms with Crippen molar-refractivity contribution in [2.24, 2.45) is 5.92 Å². The van der Waals surface area contributed by atoms with Crippen LogP contribution >= 0.6 is 0 Å². The maximum atomic E-state index is 13.2. The van der Waals surface area contributed by atoms with Gasteiger partial charge in [0.15, 0.2) is 0 Å². The lowest BCUT2D eigenvalue weighted by Gasteiger charge is -2.30. The van der Waals surface area contributed by atoms with E-state index in [-0.39, 0.29) is 11.8 Å². The van der Waals surface area contributed by atoms with Gasteiger partial charge in [0.05, 0.1) is 0 Å². The zero-order valence-electron chi connectivity index (χ0n) is 12.5. The molecule has 1 saturated heterocycles. The van der Waals surface area contributed by atoms with Crippen LogP contribution in [-0.2, 0) is 9.59 Å². The number of carbonyl (C=O) groups excluding carboxylic acids is 2. The van der Waals surface area contributed by atoms with Crippen LogP contribution < -0.4 is 10.6 Å². The first-order valence-electron chi connectivity index (χ1n) is 7.54. The molecule has 2 aromatic rings. The highest BCUT2D eigenvalue weighted by atomic mass is 19.1. The Bertz CT molecular complexity index is 718. The highest BCUT2D eigenvalue weighted by Gasteiger charge is 2.38. The molecule has 0 spiro atoms. The van der Waals surface area contributed by atoms with E-state index in [4.69, 9.17) is 0 Å². The van der Waals surface area contributed by atoms with E-state index in [0.717, 1.165) is 5.56 Å². The van der Waals surface area contributed by atoms with Crippen LogP contribution in [0, 0.1) is 11.7 Å². The molecule has 2 atom stereocenters. The van der Waals surface area contributed by atoms with Crippen LogP contribution in [-0.4, -0.2) is 18.4 Å². The molecular weight excluding hydrogens is 295 g/mol. The summed E-state index contributed by atoms with van der Waals surface area (Å²) in [6.07, 6.45) is 0.691. The Hall–Kier alpha value is -2.69. The van der Waals surface area contributed by atoms with E-state index in [1.165, 1.54) is 18.2 Å². The molecule has 0 radical (unpaired) electrons. The number of amides is 2. The second-order valence-corrected chi connectivity index (χ2v) is 5.57. The summed E-state index contributed by atoms with van der Waals surface area (Å²) in [6.45, 7) is 0.544. The monoisotopic (exact) mass is 312 g/mol. The molecular formula is C18H17FN2O2. The molecule has 0 saturated carbocycles. The van der Waals surface area contributed by atoms with E-state index >= 15 is 0 Å². The summed E-state index contributed by atoms with van der Waals surface area (Å²) < 4.78 is 13.2. The molecule has 2 unspecified atom stereocenters. The van der Waals surface area contributed by atoms with Gasteiger partial charge in [0.25, 0.3) is 0 Å². The molecule has 2 amide bonds. The van der Waals surface area contributed by atoms with Crippen LogP contribution in [0.4, 0.5) is 10.1 Å². The number of anilines is 1. The zero-order chi connectivity index (χ0) is 16.2. The summed E-state index contributed by atoms with van der Waals surface area (Å²) in [5.74, 6) is -2.15. The largest absolute Gasteiger partial charge is 0.355 e.